The summed E-state index contributed by atoms with van der Waals surface area (Å²) in [5.41, 5.74) is 0.875. The summed E-state index contributed by atoms with van der Waals surface area (Å²) in [5, 5.41) is 6.61. The van der Waals surface area contributed by atoms with Crippen molar-refractivity contribution < 1.29 is 101 Å². The molecule has 0 radical (unpaired) electrons. The van der Waals surface area contributed by atoms with Gasteiger partial charge >= 0.3 is 31.5 Å². The van der Waals surface area contributed by atoms with Crippen molar-refractivity contribution in [3.8, 4) is 40.2 Å². The van der Waals surface area contributed by atoms with Crippen molar-refractivity contribution in [2.75, 3.05) is 19.8 Å². The van der Waals surface area contributed by atoms with Gasteiger partial charge in [0.15, 0.2) is 34.8 Å². The second kappa shape index (κ2) is 27.7. The van der Waals surface area contributed by atoms with Gasteiger partial charge in [0.05, 0.1) is 24.0 Å². The Morgan fingerprint density at radius 3 is 1.66 bits per heavy atom. The molecule has 5 atom stereocenters. The standard InChI is InChI=1S/C21H22N2O2.C20H15F5O5.C16H9F5O3.C4H6N2O2/c1-21(2,19-22-17(13-24-19)15-9-5-3-6-10-15)20-23-18(14-25-20)16-11-7-4-8-12-16;1-2-27-18(26)16-15-11-5-4-10(8-13(11)29-17(15)16)28-12-6-3-9(20(23,24)25)7-14(12)30-19(21)22;17-15(18)24-14-7-10(16(19,20)21)2-4-12(14)23-11-3-1-9-5-6-22-13(9)8-11;1-2-4(8)6-5-3-7/h3-12,17-18H,13-14H2,1-2H3;3-8,15-17,19H,2H2,1H3;1-8,15H;3H,2H2,1H3/t17-,18-;15?,16-,17?;;/m01../s1. The van der Waals surface area contributed by atoms with Crippen LogP contribution in [0.15, 0.2) is 170 Å². The SMILES string of the molecule is CC(C)(C1=N[C@H](c2ccccc2)CO1)C1=N[C@H](c2ccccc2)CO1.CCC(=O)N=NC=O.CCOC(=O)[C@H]1C2Oc3cc(Oc4ccc(C(F)(F)F)cc4OC(F)F)ccc3C21.FC(F)Oc1cc(C(F)(F)F)ccc1Oc1ccc2ccoc2c1. The van der Waals surface area contributed by atoms with Crippen molar-refractivity contribution >= 4 is 41.1 Å². The van der Waals surface area contributed by atoms with Gasteiger partial charge in [0.25, 0.3) is 12.3 Å². The molecular formula is C61H52F10N4O12. The average molecular weight is 1220 g/mol. The summed E-state index contributed by atoms with van der Waals surface area (Å²) in [4.78, 5) is 41.1. The molecule has 26 heteroatoms. The molecule has 2 amide bonds. The maximum absolute atomic E-state index is 12.9. The number of azo groups is 1. The highest BCUT2D eigenvalue weighted by atomic mass is 19.4. The van der Waals surface area contributed by atoms with Crippen LogP contribution >= 0.6 is 0 Å². The summed E-state index contributed by atoms with van der Waals surface area (Å²) >= 11 is 0. The van der Waals surface area contributed by atoms with Crippen LogP contribution in [-0.4, -0.2) is 69.2 Å². The number of halogens is 10. The second-order valence-corrected chi connectivity index (χ2v) is 19.5. The van der Waals surface area contributed by atoms with Crippen LogP contribution in [0.5, 0.6) is 40.2 Å². The number of nitrogens with zero attached hydrogens (tertiary/aromatic N) is 4. The highest BCUT2D eigenvalue weighted by Crippen LogP contribution is 2.59. The lowest BCUT2D eigenvalue weighted by atomic mass is 9.93. The quantitative estimate of drug-likeness (QED) is 0.0386. The number of carbonyl (C=O) groups excluding carboxylic acids is 3. The number of alkyl halides is 10. The highest BCUT2D eigenvalue weighted by Gasteiger charge is 2.63. The first-order valence-electron chi connectivity index (χ1n) is 26.5. The summed E-state index contributed by atoms with van der Waals surface area (Å²) in [6.45, 7) is 2.26. The van der Waals surface area contributed by atoms with Crippen LogP contribution in [0.4, 0.5) is 43.9 Å². The van der Waals surface area contributed by atoms with Crippen LogP contribution in [0.2, 0.25) is 0 Å². The van der Waals surface area contributed by atoms with E-state index < -0.39 is 53.6 Å². The summed E-state index contributed by atoms with van der Waals surface area (Å²) in [7, 11) is 0. The summed E-state index contributed by atoms with van der Waals surface area (Å²) in [6.07, 6.45) is -7.77. The zero-order valence-corrected chi connectivity index (χ0v) is 46.3. The molecule has 7 aromatic rings. The maximum atomic E-state index is 12.9. The Kier molecular flexibility index (Phi) is 20.2. The van der Waals surface area contributed by atoms with E-state index in [1.54, 1.807) is 32.0 Å². The molecular weight excluding hydrogens is 1170 g/mol. The molecule has 4 aliphatic rings. The molecule has 6 aromatic carbocycles. The molecule has 1 saturated carbocycles. The number of furan rings is 1. The molecule has 87 heavy (non-hydrogen) atoms. The Morgan fingerprint density at radius 1 is 0.655 bits per heavy atom. The molecule has 1 aromatic heterocycles. The van der Waals surface area contributed by atoms with Gasteiger partial charge in [-0.25, -0.2) is 9.98 Å². The molecule has 1 aliphatic carbocycles. The molecule has 0 N–H and O–H groups in total. The Labute approximate surface area is 489 Å². The summed E-state index contributed by atoms with van der Waals surface area (Å²) < 4.78 is 174. The van der Waals surface area contributed by atoms with E-state index in [1.807, 2.05) is 36.4 Å². The Morgan fingerprint density at radius 2 is 1.17 bits per heavy atom. The molecule has 3 aliphatic heterocycles. The number of rotatable bonds is 16. The van der Waals surface area contributed by atoms with Crippen LogP contribution < -0.4 is 23.7 Å². The highest BCUT2D eigenvalue weighted by molar-refractivity contribution is 6.05. The fourth-order valence-corrected chi connectivity index (χ4v) is 8.96. The number of hydrogen-bond donors (Lipinski definition) is 0. The minimum Gasteiger partial charge on any atom is -0.488 e. The second-order valence-electron chi connectivity index (χ2n) is 19.5. The lowest BCUT2D eigenvalue weighted by Crippen LogP contribution is -2.34. The zero-order chi connectivity index (χ0) is 62.6. The molecule has 0 saturated heterocycles. The van der Waals surface area contributed by atoms with Crippen molar-refractivity contribution in [1.29, 1.82) is 0 Å². The Balaban J connectivity index is 0.000000160. The lowest BCUT2D eigenvalue weighted by Gasteiger charge is -2.22. The molecule has 11 rings (SSSR count). The van der Waals surface area contributed by atoms with Crippen molar-refractivity contribution in [2.45, 2.75) is 83.8 Å². The van der Waals surface area contributed by atoms with Gasteiger partial charge in [0.1, 0.15) is 65.6 Å². The van der Waals surface area contributed by atoms with Crippen LogP contribution in [0, 0.1) is 11.3 Å². The lowest BCUT2D eigenvalue weighted by molar-refractivity contribution is -0.145. The van der Waals surface area contributed by atoms with Gasteiger partial charge in [-0.2, -0.15) is 43.9 Å². The van der Waals surface area contributed by atoms with Gasteiger partial charge in [-0.3, -0.25) is 14.4 Å². The number of esters is 1. The predicted octanol–water partition coefficient (Wildman–Crippen LogP) is 15.9. The topological polar surface area (TPSA) is 188 Å². The molecule has 2 unspecified atom stereocenters. The Hall–Kier alpha value is -9.49. The van der Waals surface area contributed by atoms with Crippen LogP contribution in [-0.2, 0) is 40.9 Å². The number of aliphatic imine (C=N–C) groups is 2. The van der Waals surface area contributed by atoms with Gasteiger partial charge in [0, 0.05) is 35.4 Å². The third-order valence-corrected chi connectivity index (χ3v) is 13.2. The van der Waals surface area contributed by atoms with Gasteiger partial charge < -0.3 is 42.3 Å². The Bertz CT molecular complexity index is 3550. The first-order valence-corrected chi connectivity index (χ1v) is 26.5. The van der Waals surface area contributed by atoms with Crippen molar-refractivity contribution in [2.24, 2.45) is 31.5 Å². The summed E-state index contributed by atoms with van der Waals surface area (Å²) in [6, 6.07) is 35.8. The van der Waals surface area contributed by atoms with Gasteiger partial charge in [-0.1, -0.05) is 73.7 Å². The van der Waals surface area contributed by atoms with E-state index in [1.165, 1.54) is 41.7 Å². The van der Waals surface area contributed by atoms with Crippen LogP contribution in [0.25, 0.3) is 11.0 Å². The summed E-state index contributed by atoms with van der Waals surface area (Å²) in [5.74, 6) is -1.03. The van der Waals surface area contributed by atoms with Crippen molar-refractivity contribution in [3.63, 3.8) is 0 Å². The van der Waals surface area contributed by atoms with E-state index in [4.69, 9.17) is 42.8 Å². The number of benzene rings is 6. The van der Waals surface area contributed by atoms with Crippen molar-refractivity contribution in [3.05, 3.63) is 174 Å². The van der Waals surface area contributed by atoms with E-state index in [0.717, 1.165) is 29.1 Å². The van der Waals surface area contributed by atoms with Gasteiger partial charge in [0.2, 0.25) is 0 Å². The molecule has 458 valence electrons. The molecule has 0 bridgehead atoms. The van der Waals surface area contributed by atoms with Gasteiger partial charge in [-0.15, -0.1) is 10.2 Å². The number of ether oxygens (including phenoxy) is 8. The normalized spacial score (nSPS) is 18.1. The number of fused-ring (bicyclic) bond motifs is 4. The van der Waals surface area contributed by atoms with E-state index in [-0.39, 0.29) is 84.3 Å². The van der Waals surface area contributed by atoms with E-state index in [9.17, 15) is 58.3 Å². The molecule has 16 nitrogen and oxygen atoms in total. The minimum absolute atomic E-state index is 0.0439. The van der Waals surface area contributed by atoms with Crippen molar-refractivity contribution in [1.82, 2.24) is 0 Å². The fraction of sp³-hybridized carbons (Fsp3) is 0.295. The third kappa shape index (κ3) is 16.3. The number of carbonyl (C=O) groups is 3. The monoisotopic (exact) mass is 1220 g/mol. The fourth-order valence-electron chi connectivity index (χ4n) is 8.96. The van der Waals surface area contributed by atoms with E-state index >= 15 is 0 Å². The average Bonchev–Trinajstić information content (AvgIpc) is 1.56. The first-order chi connectivity index (χ1) is 41.5. The first kappa shape index (κ1) is 63.5. The predicted molar refractivity (Wildman–Crippen MR) is 291 cm³/mol. The largest absolute Gasteiger partial charge is 0.488 e. The van der Waals surface area contributed by atoms with Crippen LogP contribution in [0.3, 0.4) is 0 Å². The third-order valence-electron chi connectivity index (χ3n) is 13.2. The number of hydrogen-bond acceptors (Lipinski definition) is 14. The zero-order valence-electron chi connectivity index (χ0n) is 46.3. The molecule has 1 fully saturated rings. The molecule has 4 heterocycles. The maximum Gasteiger partial charge on any atom is 0.416 e. The van der Waals surface area contributed by atoms with E-state index in [2.05, 4.69) is 57.8 Å². The smallest absolute Gasteiger partial charge is 0.416 e. The van der Waals surface area contributed by atoms with Gasteiger partial charge in [-0.05, 0) is 92.6 Å². The van der Waals surface area contributed by atoms with E-state index in [0.29, 0.717) is 54.5 Å². The number of amides is 2. The van der Waals surface area contributed by atoms with Crippen LogP contribution in [0.1, 0.15) is 79.9 Å². The minimum atomic E-state index is -4.73. The molecule has 0 spiro atoms.